The summed E-state index contributed by atoms with van der Waals surface area (Å²) < 4.78 is 28.3. The highest BCUT2D eigenvalue weighted by Gasteiger charge is 2.31. The Kier molecular flexibility index (Phi) is 6.03. The minimum Gasteiger partial charge on any atom is -0.322 e. The van der Waals surface area contributed by atoms with Crippen molar-refractivity contribution >= 4 is 37.5 Å². The van der Waals surface area contributed by atoms with Crippen molar-refractivity contribution in [2.75, 3.05) is 18.4 Å². The van der Waals surface area contributed by atoms with Gasteiger partial charge in [-0.15, -0.1) is 0 Å². The fourth-order valence-electron chi connectivity index (χ4n) is 3.47. The molecule has 1 fully saturated rings. The lowest BCUT2D eigenvalue weighted by atomic mass is 9.94. The van der Waals surface area contributed by atoms with Crippen LogP contribution in [-0.2, 0) is 10.0 Å². The van der Waals surface area contributed by atoms with E-state index >= 15 is 0 Å². The molecule has 0 aliphatic carbocycles. The normalized spacial score (nSPS) is 21.0. The number of sulfonamides is 1. The molecule has 0 bridgehead atoms. The number of nitrogens with one attached hydrogen (secondary N) is 1. The molecule has 1 aliphatic heterocycles. The predicted molar refractivity (Wildman–Crippen MR) is 110 cm³/mol. The summed E-state index contributed by atoms with van der Waals surface area (Å²) in [5.74, 6) is 0.417. The van der Waals surface area contributed by atoms with Gasteiger partial charge in [-0.3, -0.25) is 4.79 Å². The van der Waals surface area contributed by atoms with E-state index < -0.39 is 10.0 Å². The number of anilines is 1. The van der Waals surface area contributed by atoms with E-state index in [0.717, 1.165) is 10.9 Å². The van der Waals surface area contributed by atoms with Crippen LogP contribution in [0.15, 0.2) is 57.9 Å². The molecule has 1 aliphatic rings. The predicted octanol–water partition coefficient (Wildman–Crippen LogP) is 4.37. The molecule has 27 heavy (non-hydrogen) atoms. The highest BCUT2D eigenvalue weighted by Crippen LogP contribution is 2.27. The van der Waals surface area contributed by atoms with Crippen LogP contribution in [0.2, 0.25) is 0 Å². The molecule has 0 saturated carbocycles. The second-order valence-corrected chi connectivity index (χ2v) is 10.1. The van der Waals surface area contributed by atoms with Gasteiger partial charge in [0.05, 0.1) is 4.90 Å². The molecular formula is C20H23BrN2O3S. The number of carbonyl (C=O) groups excluding carboxylic acids is 1. The summed E-state index contributed by atoms with van der Waals surface area (Å²) in [6, 6.07) is 13.4. The number of carbonyl (C=O) groups is 1. The lowest BCUT2D eigenvalue weighted by Crippen LogP contribution is -2.42. The van der Waals surface area contributed by atoms with E-state index in [4.69, 9.17) is 0 Å². The van der Waals surface area contributed by atoms with Gasteiger partial charge in [-0.05, 0) is 66.8 Å². The number of rotatable bonds is 4. The monoisotopic (exact) mass is 450 g/mol. The van der Waals surface area contributed by atoms with Crippen LogP contribution >= 0.6 is 15.9 Å². The zero-order valence-corrected chi connectivity index (χ0v) is 17.8. The average molecular weight is 451 g/mol. The molecular weight excluding hydrogens is 428 g/mol. The fraction of sp³-hybridized carbons (Fsp3) is 0.350. The van der Waals surface area contributed by atoms with E-state index in [1.165, 1.54) is 12.1 Å². The van der Waals surface area contributed by atoms with Crippen LogP contribution < -0.4 is 5.32 Å². The number of benzene rings is 2. The number of hydrogen-bond acceptors (Lipinski definition) is 3. The largest absolute Gasteiger partial charge is 0.322 e. The van der Waals surface area contributed by atoms with Crippen molar-refractivity contribution in [3.05, 3.63) is 58.6 Å². The van der Waals surface area contributed by atoms with Gasteiger partial charge in [-0.1, -0.05) is 29.8 Å². The molecule has 2 atom stereocenters. The zero-order chi connectivity index (χ0) is 19.6. The summed E-state index contributed by atoms with van der Waals surface area (Å²) in [4.78, 5) is 12.6. The van der Waals surface area contributed by atoms with Crippen LogP contribution in [0.5, 0.6) is 0 Å². The Balaban J connectivity index is 1.74. The Morgan fingerprint density at radius 3 is 2.11 bits per heavy atom. The molecule has 1 amide bonds. The number of hydrogen-bond donors (Lipinski definition) is 1. The smallest absolute Gasteiger partial charge is 0.255 e. The standard InChI is InChI=1S/C20H23BrN2O3S/c1-14-11-15(2)13-23(12-14)27(25,26)19-9-3-16(4-10-19)20(24)22-18-7-5-17(21)6-8-18/h3-10,14-15H,11-13H2,1-2H3,(H,22,24). The Morgan fingerprint density at radius 2 is 1.56 bits per heavy atom. The number of amides is 1. The van der Waals surface area contributed by atoms with Gasteiger partial charge in [0.2, 0.25) is 10.0 Å². The lowest BCUT2D eigenvalue weighted by molar-refractivity contribution is 0.102. The van der Waals surface area contributed by atoms with Crippen LogP contribution in [0.3, 0.4) is 0 Å². The molecule has 144 valence electrons. The van der Waals surface area contributed by atoms with E-state index in [9.17, 15) is 13.2 Å². The van der Waals surface area contributed by atoms with Crippen LogP contribution in [0.25, 0.3) is 0 Å². The first kappa shape index (κ1) is 20.0. The topological polar surface area (TPSA) is 66.5 Å². The minimum atomic E-state index is -3.54. The van der Waals surface area contributed by atoms with E-state index in [1.807, 2.05) is 12.1 Å². The summed E-state index contributed by atoms with van der Waals surface area (Å²) in [7, 11) is -3.54. The van der Waals surface area contributed by atoms with E-state index in [2.05, 4.69) is 35.1 Å². The van der Waals surface area contributed by atoms with Gasteiger partial charge in [-0.25, -0.2) is 8.42 Å². The molecule has 2 unspecified atom stereocenters. The molecule has 1 N–H and O–H groups in total. The third-order valence-electron chi connectivity index (χ3n) is 4.69. The van der Waals surface area contributed by atoms with Gasteiger partial charge in [0, 0.05) is 28.8 Å². The summed E-state index contributed by atoms with van der Waals surface area (Å²) in [5.41, 5.74) is 1.09. The molecule has 3 rings (SSSR count). The number of nitrogens with zero attached hydrogens (tertiary/aromatic N) is 1. The van der Waals surface area contributed by atoms with Gasteiger partial charge >= 0.3 is 0 Å². The summed E-state index contributed by atoms with van der Waals surface area (Å²) in [5, 5.41) is 2.80. The Hall–Kier alpha value is -1.70. The lowest BCUT2D eigenvalue weighted by Gasteiger charge is -2.34. The van der Waals surface area contributed by atoms with Crippen LogP contribution in [0.4, 0.5) is 5.69 Å². The third-order valence-corrected chi connectivity index (χ3v) is 7.07. The van der Waals surface area contributed by atoms with Gasteiger partial charge in [0.25, 0.3) is 5.91 Å². The molecule has 0 spiro atoms. The Bertz CT molecular complexity index is 901. The molecule has 2 aromatic carbocycles. The van der Waals surface area contributed by atoms with Crippen molar-refractivity contribution in [3.63, 3.8) is 0 Å². The van der Waals surface area contributed by atoms with Crippen molar-refractivity contribution < 1.29 is 13.2 Å². The Labute approximate surface area is 169 Å². The first-order chi connectivity index (χ1) is 12.8. The highest BCUT2D eigenvalue weighted by atomic mass is 79.9. The minimum absolute atomic E-state index is 0.226. The van der Waals surface area contributed by atoms with Crippen molar-refractivity contribution in [2.45, 2.75) is 25.2 Å². The molecule has 7 heteroatoms. The maximum atomic E-state index is 12.9. The van der Waals surface area contributed by atoms with E-state index in [-0.39, 0.29) is 10.8 Å². The molecule has 5 nitrogen and oxygen atoms in total. The van der Waals surface area contributed by atoms with Crippen LogP contribution in [0.1, 0.15) is 30.6 Å². The average Bonchev–Trinajstić information content (AvgIpc) is 2.63. The molecule has 1 saturated heterocycles. The van der Waals surface area contributed by atoms with Crippen molar-refractivity contribution in [3.8, 4) is 0 Å². The fourth-order valence-corrected chi connectivity index (χ4v) is 5.41. The highest BCUT2D eigenvalue weighted by molar-refractivity contribution is 9.10. The van der Waals surface area contributed by atoms with E-state index in [1.54, 1.807) is 28.6 Å². The van der Waals surface area contributed by atoms with Crippen LogP contribution in [-0.4, -0.2) is 31.7 Å². The Morgan fingerprint density at radius 1 is 1.00 bits per heavy atom. The first-order valence-electron chi connectivity index (χ1n) is 8.93. The number of halogens is 1. The number of piperidine rings is 1. The summed E-state index contributed by atoms with van der Waals surface area (Å²) in [6.07, 6.45) is 1.04. The maximum absolute atomic E-state index is 12.9. The van der Waals surface area contributed by atoms with Crippen LogP contribution in [0, 0.1) is 11.8 Å². The van der Waals surface area contributed by atoms with E-state index in [0.29, 0.717) is 36.2 Å². The maximum Gasteiger partial charge on any atom is 0.255 e. The van der Waals surface area contributed by atoms with Gasteiger partial charge in [0.15, 0.2) is 0 Å². The van der Waals surface area contributed by atoms with Crippen molar-refractivity contribution in [1.29, 1.82) is 0 Å². The van der Waals surface area contributed by atoms with Gasteiger partial charge in [0.1, 0.15) is 0 Å². The molecule has 0 aromatic heterocycles. The molecule has 1 heterocycles. The first-order valence-corrected chi connectivity index (χ1v) is 11.2. The van der Waals surface area contributed by atoms with Crippen molar-refractivity contribution in [1.82, 2.24) is 4.31 Å². The quantitative estimate of drug-likeness (QED) is 0.751. The second kappa shape index (κ2) is 8.12. The van der Waals surface area contributed by atoms with Gasteiger partial charge < -0.3 is 5.32 Å². The van der Waals surface area contributed by atoms with Crippen molar-refractivity contribution in [2.24, 2.45) is 11.8 Å². The summed E-state index contributed by atoms with van der Waals surface area (Å²) in [6.45, 7) is 5.23. The zero-order valence-electron chi connectivity index (χ0n) is 15.4. The molecule has 2 aromatic rings. The SMILES string of the molecule is CC1CC(C)CN(S(=O)(=O)c2ccc(C(=O)Nc3ccc(Br)cc3)cc2)C1. The summed E-state index contributed by atoms with van der Waals surface area (Å²) >= 11 is 3.35. The van der Waals surface area contributed by atoms with Gasteiger partial charge in [-0.2, -0.15) is 4.31 Å². The third kappa shape index (κ3) is 4.78. The molecule has 0 radical (unpaired) electrons. The second-order valence-electron chi connectivity index (χ2n) is 7.25.